The van der Waals surface area contributed by atoms with E-state index in [-0.39, 0.29) is 6.15 Å². The summed E-state index contributed by atoms with van der Waals surface area (Å²) in [5, 5.41) is 0. The summed E-state index contributed by atoms with van der Waals surface area (Å²) in [7, 11) is 0. The molecule has 28 valence electrons. The van der Waals surface area contributed by atoms with Crippen LogP contribution in [0.1, 0.15) is 0 Å². The Labute approximate surface area is 34.6 Å². The zero-order chi connectivity index (χ0) is 2.71. The van der Waals surface area contributed by atoms with Gasteiger partial charge < -0.3 is 6.15 Å². The van der Waals surface area contributed by atoms with Crippen LogP contribution in [0.5, 0.6) is 0 Å². The van der Waals surface area contributed by atoms with Gasteiger partial charge in [0.1, 0.15) is 0 Å². The maximum Gasteiger partial charge on any atom is 0.0832 e. The van der Waals surface area contributed by atoms with Crippen LogP contribution in [0.3, 0.4) is 0 Å². The Morgan fingerprint density at radius 2 is 1.25 bits per heavy atom. The van der Waals surface area contributed by atoms with Crippen molar-refractivity contribution in [2.75, 3.05) is 0 Å². The Kier molecular flexibility index (Phi) is 21.4. The van der Waals surface area contributed by atoms with Gasteiger partial charge >= 0.3 is 0 Å². The molecule has 0 atom stereocenters. The lowest BCUT2D eigenvalue weighted by Crippen LogP contribution is -1.15. The van der Waals surface area contributed by atoms with Crippen molar-refractivity contribution >= 4 is 23.7 Å². The monoisotopic (exact) mass is 104 g/mol. The summed E-state index contributed by atoms with van der Waals surface area (Å²) < 4.78 is 3.19. The van der Waals surface area contributed by atoms with Crippen LogP contribution in [0, 0.1) is 0 Å². The van der Waals surface area contributed by atoms with Crippen molar-refractivity contribution in [2.24, 2.45) is 0 Å². The zero-order valence-corrected chi connectivity index (χ0v) is 3.68. The minimum atomic E-state index is 0. The molecule has 0 aromatic carbocycles. The number of hydrogen-bond acceptors (Lipinski definition) is 1. The van der Waals surface area contributed by atoms with Crippen LogP contribution in [0.2, 0.25) is 0 Å². The molecule has 0 fully saturated rings. The Morgan fingerprint density at radius 3 is 1.25 bits per heavy atom. The summed E-state index contributed by atoms with van der Waals surface area (Å²) in [6, 6.07) is 0. The third-order valence-electron chi connectivity index (χ3n) is 0. The van der Waals surface area contributed by atoms with Crippen molar-refractivity contribution in [1.29, 1.82) is 0 Å². The molecule has 0 bridgehead atoms. The Balaban J connectivity index is 0. The van der Waals surface area contributed by atoms with Crippen LogP contribution in [-0.2, 0) is 3.84 Å². The molecule has 0 aliphatic carbocycles. The molecule has 0 rings (SSSR count). The summed E-state index contributed by atoms with van der Waals surface area (Å²) in [6.45, 7) is 0. The third kappa shape index (κ3) is 22.5. The molecule has 0 heterocycles. The van der Waals surface area contributed by atoms with Crippen LogP contribution in [0.25, 0.3) is 0 Å². The van der Waals surface area contributed by atoms with Crippen molar-refractivity contribution in [3.05, 3.63) is 0 Å². The first-order valence-electron chi connectivity index (χ1n) is 0.309. The maximum absolute atomic E-state index is 4.26. The SMILES string of the molecule is ClOCl.[NH4+]. The molecule has 0 aliphatic heterocycles. The molecule has 4 N–H and O–H groups in total. The Hall–Kier alpha value is 0.500. The first-order valence-corrected chi connectivity index (χ1v) is 0.926. The molecule has 0 aromatic rings. The molecule has 0 aliphatic rings. The van der Waals surface area contributed by atoms with Crippen molar-refractivity contribution in [3.63, 3.8) is 0 Å². The van der Waals surface area contributed by atoms with Crippen LogP contribution >= 0.6 is 23.7 Å². The minimum absolute atomic E-state index is 0. The minimum Gasteiger partial charge on any atom is -0.369 e. The molecule has 2 nitrogen and oxygen atoms in total. The standard InChI is InChI=1S/Cl2O.H3N/c1-3-2;/h;1H3/p+1. The van der Waals surface area contributed by atoms with E-state index in [1.807, 2.05) is 0 Å². The van der Waals surface area contributed by atoms with Gasteiger partial charge in [0.05, 0.1) is 23.7 Å². The van der Waals surface area contributed by atoms with E-state index in [9.17, 15) is 0 Å². The molecule has 0 aromatic heterocycles. The molecule has 0 amide bonds. The quantitative estimate of drug-likeness (QED) is 0.500. The molecule has 0 unspecified atom stereocenters. The zero-order valence-electron chi connectivity index (χ0n) is 2.16. The molecule has 0 saturated carbocycles. The number of hydrogen-bond donors (Lipinski definition) is 1. The normalized spacial score (nSPS) is 4.50. The number of quaternary nitrogens is 1. The molecular weight excluding hydrogens is 101 g/mol. The van der Waals surface area contributed by atoms with Crippen LogP contribution in [0.15, 0.2) is 0 Å². The van der Waals surface area contributed by atoms with Gasteiger partial charge in [0.15, 0.2) is 0 Å². The fourth-order valence-corrected chi connectivity index (χ4v) is 0. The van der Waals surface area contributed by atoms with Gasteiger partial charge in [-0.15, -0.1) is 0 Å². The number of rotatable bonds is 0. The summed E-state index contributed by atoms with van der Waals surface area (Å²) in [6.07, 6.45) is 0. The van der Waals surface area contributed by atoms with E-state index in [1.165, 1.54) is 0 Å². The van der Waals surface area contributed by atoms with E-state index in [4.69, 9.17) is 0 Å². The first-order chi connectivity index (χ1) is 1.41. The van der Waals surface area contributed by atoms with Gasteiger partial charge in [-0.1, -0.05) is 0 Å². The van der Waals surface area contributed by atoms with Gasteiger partial charge in [-0.2, -0.15) is 3.84 Å². The van der Waals surface area contributed by atoms with Gasteiger partial charge in [0.25, 0.3) is 0 Å². The van der Waals surface area contributed by atoms with Gasteiger partial charge in [-0.3, -0.25) is 0 Å². The van der Waals surface area contributed by atoms with E-state index < -0.39 is 0 Å². The molecular formula is H4Cl2NO+. The average molecular weight is 105 g/mol. The summed E-state index contributed by atoms with van der Waals surface area (Å²) in [5.74, 6) is 0. The average Bonchev–Trinajstić information content (AvgIpc) is 0.918. The van der Waals surface area contributed by atoms with Crippen LogP contribution < -0.4 is 6.15 Å². The van der Waals surface area contributed by atoms with Gasteiger partial charge in [-0.25, -0.2) is 0 Å². The van der Waals surface area contributed by atoms with Crippen molar-refractivity contribution in [1.82, 2.24) is 6.15 Å². The van der Waals surface area contributed by atoms with Crippen LogP contribution in [-0.4, -0.2) is 0 Å². The predicted molar refractivity (Wildman–Crippen MR) is 18.8 cm³/mol. The smallest absolute Gasteiger partial charge is 0.0832 e. The maximum atomic E-state index is 4.26. The Bertz CT molecular complexity index is 6.00. The second-order valence-corrected chi connectivity index (χ2v) is 0.525. The van der Waals surface area contributed by atoms with Gasteiger partial charge in [0, 0.05) is 0 Å². The fraction of sp³-hybridized carbons (Fsp3) is 0. The highest BCUT2D eigenvalue weighted by Crippen LogP contribution is 1.78. The highest BCUT2D eigenvalue weighted by Gasteiger charge is 1.38. The number of halogens is 2. The summed E-state index contributed by atoms with van der Waals surface area (Å²) >= 11 is 8.53. The van der Waals surface area contributed by atoms with Crippen molar-refractivity contribution in [2.45, 2.75) is 0 Å². The molecule has 0 spiro atoms. The second-order valence-electron chi connectivity index (χ2n) is 0.0583. The topological polar surface area (TPSA) is 45.7 Å². The molecule has 4 heteroatoms. The molecule has 0 radical (unpaired) electrons. The third-order valence-corrected chi connectivity index (χ3v) is 0. The Morgan fingerprint density at radius 1 is 1.25 bits per heavy atom. The van der Waals surface area contributed by atoms with Crippen molar-refractivity contribution < 1.29 is 3.84 Å². The second kappa shape index (κ2) is 9.72. The largest absolute Gasteiger partial charge is 0.369 e. The van der Waals surface area contributed by atoms with E-state index in [1.54, 1.807) is 0 Å². The lowest BCUT2D eigenvalue weighted by atomic mass is 14.0. The lowest BCUT2D eigenvalue weighted by Gasteiger charge is -1.46. The first kappa shape index (κ1) is 8.82. The highest BCUT2D eigenvalue weighted by atomic mass is 35.6. The molecule has 4 heavy (non-hydrogen) atoms. The van der Waals surface area contributed by atoms with E-state index in [0.29, 0.717) is 0 Å². The van der Waals surface area contributed by atoms with E-state index >= 15 is 0 Å². The van der Waals surface area contributed by atoms with Crippen LogP contribution in [0.4, 0.5) is 0 Å². The lowest BCUT2D eigenvalue weighted by molar-refractivity contribution is 0.697. The predicted octanol–water partition coefficient (Wildman–Crippen LogP) is 1.69. The van der Waals surface area contributed by atoms with Gasteiger partial charge in [0.2, 0.25) is 0 Å². The highest BCUT2D eigenvalue weighted by molar-refractivity contribution is 6.24. The van der Waals surface area contributed by atoms with Gasteiger partial charge in [-0.05, 0) is 0 Å². The summed E-state index contributed by atoms with van der Waals surface area (Å²) in [5.41, 5.74) is 0. The van der Waals surface area contributed by atoms with Crippen molar-refractivity contribution in [3.8, 4) is 0 Å². The van der Waals surface area contributed by atoms with E-state index in [0.717, 1.165) is 0 Å². The summed E-state index contributed by atoms with van der Waals surface area (Å²) in [4.78, 5) is 0. The van der Waals surface area contributed by atoms with E-state index in [2.05, 4.69) is 27.6 Å². The molecule has 0 saturated heterocycles. The fourth-order valence-electron chi connectivity index (χ4n) is 0.